The fourth-order valence-electron chi connectivity index (χ4n) is 3.21. The molecule has 2 atom stereocenters. The van der Waals surface area contributed by atoms with E-state index in [1.807, 2.05) is 10.6 Å². The Balaban J connectivity index is 2.67. The number of nitrogens with one attached hydrogen (secondary N) is 2. The van der Waals surface area contributed by atoms with Crippen LogP contribution >= 0.6 is 0 Å². The molecule has 0 fully saturated rings. The van der Waals surface area contributed by atoms with Crippen LogP contribution in [0.25, 0.3) is 0 Å². The molecule has 0 radical (unpaired) electrons. The lowest BCUT2D eigenvalue weighted by Gasteiger charge is -2.21. The number of carbonyl (C=O) groups is 6. The molecule has 0 saturated carbocycles. The van der Waals surface area contributed by atoms with Crippen molar-refractivity contribution < 1.29 is 63.1 Å². The van der Waals surface area contributed by atoms with Crippen molar-refractivity contribution in [2.75, 3.05) is 39.6 Å². The van der Waals surface area contributed by atoms with Crippen molar-refractivity contribution in [2.24, 2.45) is 0 Å². The Morgan fingerprint density at radius 2 is 1.46 bits per heavy atom. The number of halogens is 1. The minimum absolute atomic E-state index is 0.0203. The number of amides is 3. The first kappa shape index (κ1) is 34.6. The first-order chi connectivity index (χ1) is 19.4. The second-order valence-electron chi connectivity index (χ2n) is 8.40. The molecule has 6 N–H and O–H groups in total. The molecule has 0 spiro atoms. The average Bonchev–Trinajstić information content (AvgIpc) is 3.34. The number of nitrogens with zero attached hydrogens (tertiary/aromatic N) is 4. The van der Waals surface area contributed by atoms with Crippen molar-refractivity contribution in [2.45, 2.75) is 50.9 Å². The third kappa shape index (κ3) is 15.1. The number of hydrogen-bond donors (Lipinski definition) is 6. The first-order valence-corrected chi connectivity index (χ1v) is 12.3. The molecule has 18 nitrogen and oxygen atoms in total. The summed E-state index contributed by atoms with van der Waals surface area (Å²) < 4.78 is 23.6. The first-order valence-electron chi connectivity index (χ1n) is 12.3. The van der Waals surface area contributed by atoms with E-state index in [-0.39, 0.29) is 45.2 Å². The van der Waals surface area contributed by atoms with Gasteiger partial charge in [-0.1, -0.05) is 5.21 Å². The van der Waals surface area contributed by atoms with Crippen molar-refractivity contribution >= 4 is 35.8 Å². The lowest BCUT2D eigenvalue weighted by atomic mass is 10.1. The lowest BCUT2D eigenvalue weighted by molar-refractivity contribution is -0.145. The Hall–Kier alpha value is -4.39. The molecular formula is C22H33FN6O12. The minimum atomic E-state index is -1.65. The zero-order valence-electron chi connectivity index (χ0n) is 21.9. The van der Waals surface area contributed by atoms with E-state index in [2.05, 4.69) is 10.3 Å². The second-order valence-corrected chi connectivity index (χ2v) is 8.40. The van der Waals surface area contributed by atoms with Crippen LogP contribution in [0, 0.1) is 0 Å². The standard InChI is InChI=1S/C22H33FN6O12/c23-5-7-40-9-10-41-8-6-29-12-14(26-27-29)11-28(13-19(33)34)17(30)3-1-15(20(35)36)24-22(39)25-16(21(37)38)2-4-18(31)32/h12,15-16H,1-11,13H2,(H,31,32)(H,33,34)(H,35,36)(H,37,38)(H2,24,25,39)/t15-,16-/m0/s1. The molecule has 19 heteroatoms. The largest absolute Gasteiger partial charge is 0.481 e. The van der Waals surface area contributed by atoms with Gasteiger partial charge < -0.3 is 45.4 Å². The Morgan fingerprint density at radius 1 is 0.878 bits per heavy atom. The van der Waals surface area contributed by atoms with E-state index in [1.54, 1.807) is 0 Å². The normalized spacial score (nSPS) is 12.2. The van der Waals surface area contributed by atoms with Crippen LogP contribution in [0.5, 0.6) is 0 Å². The van der Waals surface area contributed by atoms with Gasteiger partial charge in [-0.3, -0.25) is 14.4 Å². The molecule has 1 rings (SSSR count). The van der Waals surface area contributed by atoms with Crippen LogP contribution in [0.4, 0.5) is 9.18 Å². The number of carbonyl (C=O) groups excluding carboxylic acids is 2. The highest BCUT2D eigenvalue weighted by molar-refractivity contribution is 5.87. The lowest BCUT2D eigenvalue weighted by Crippen LogP contribution is -2.51. The van der Waals surface area contributed by atoms with Gasteiger partial charge in [-0.05, 0) is 12.8 Å². The SMILES string of the molecule is O=C(O)CC[C@H](NC(=O)N[C@@H](CCC(=O)N(CC(=O)O)Cc1cn(CCOCCOCCF)nn1)C(=O)O)C(=O)O. The van der Waals surface area contributed by atoms with Gasteiger partial charge in [0, 0.05) is 12.8 Å². The van der Waals surface area contributed by atoms with Crippen molar-refractivity contribution in [1.82, 2.24) is 30.5 Å². The number of ether oxygens (including phenoxy) is 2. The molecule has 0 saturated heterocycles. The predicted molar refractivity (Wildman–Crippen MR) is 131 cm³/mol. The molecule has 0 aromatic carbocycles. The molecule has 0 aliphatic carbocycles. The fourth-order valence-corrected chi connectivity index (χ4v) is 3.21. The summed E-state index contributed by atoms with van der Waals surface area (Å²) in [5, 5.41) is 48.1. The third-order valence-electron chi connectivity index (χ3n) is 5.18. The zero-order valence-corrected chi connectivity index (χ0v) is 21.9. The monoisotopic (exact) mass is 592 g/mol. The van der Waals surface area contributed by atoms with Crippen LogP contribution < -0.4 is 10.6 Å². The Bertz CT molecular complexity index is 1040. The summed E-state index contributed by atoms with van der Waals surface area (Å²) >= 11 is 0. The molecule has 0 aliphatic heterocycles. The average molecular weight is 593 g/mol. The number of carboxylic acids is 4. The molecule has 0 unspecified atom stereocenters. The Morgan fingerprint density at radius 3 is 2.00 bits per heavy atom. The van der Waals surface area contributed by atoms with Gasteiger partial charge in [-0.15, -0.1) is 5.10 Å². The molecule has 1 aromatic heterocycles. The van der Waals surface area contributed by atoms with E-state index >= 15 is 0 Å². The summed E-state index contributed by atoms with van der Waals surface area (Å²) in [6.45, 7) is -0.655. The van der Waals surface area contributed by atoms with Gasteiger partial charge in [0.25, 0.3) is 0 Å². The topological polar surface area (TPSA) is 260 Å². The maximum absolute atomic E-state index is 12.7. The molecule has 1 heterocycles. The van der Waals surface area contributed by atoms with Crippen LogP contribution in [0.15, 0.2) is 6.20 Å². The molecule has 1 aromatic rings. The number of hydrogen-bond acceptors (Lipinski definition) is 10. The highest BCUT2D eigenvalue weighted by Gasteiger charge is 2.27. The highest BCUT2D eigenvalue weighted by atomic mass is 19.1. The van der Waals surface area contributed by atoms with Gasteiger partial charge in [0.05, 0.1) is 45.7 Å². The van der Waals surface area contributed by atoms with Gasteiger partial charge in [-0.25, -0.2) is 23.5 Å². The summed E-state index contributed by atoms with van der Waals surface area (Å²) in [5.41, 5.74) is 0.235. The molecule has 3 amide bonds. The van der Waals surface area contributed by atoms with E-state index in [9.17, 15) is 43.4 Å². The van der Waals surface area contributed by atoms with Gasteiger partial charge in [0.15, 0.2) is 0 Å². The third-order valence-corrected chi connectivity index (χ3v) is 5.18. The molecule has 0 bridgehead atoms. The van der Waals surface area contributed by atoms with E-state index in [4.69, 9.17) is 19.7 Å². The fraction of sp³-hybridized carbons (Fsp3) is 0.636. The van der Waals surface area contributed by atoms with E-state index in [1.165, 1.54) is 10.9 Å². The molecule has 41 heavy (non-hydrogen) atoms. The number of carboxylic acid groups (broad SMARTS) is 4. The van der Waals surface area contributed by atoms with E-state index < -0.39 is 86.8 Å². The van der Waals surface area contributed by atoms with Crippen LogP contribution in [0.2, 0.25) is 0 Å². The molecular weight excluding hydrogens is 559 g/mol. The van der Waals surface area contributed by atoms with Gasteiger partial charge in [0.2, 0.25) is 5.91 Å². The maximum Gasteiger partial charge on any atom is 0.326 e. The quantitative estimate of drug-likeness (QED) is 0.0842. The molecule has 230 valence electrons. The van der Waals surface area contributed by atoms with Crippen LogP contribution in [-0.2, 0) is 46.5 Å². The maximum atomic E-state index is 12.7. The number of rotatable bonds is 22. The predicted octanol–water partition coefficient (Wildman–Crippen LogP) is -1.46. The van der Waals surface area contributed by atoms with Crippen molar-refractivity contribution in [3.63, 3.8) is 0 Å². The summed E-state index contributed by atoms with van der Waals surface area (Å²) in [5.74, 6) is -6.48. The van der Waals surface area contributed by atoms with E-state index in [0.29, 0.717) is 0 Å². The van der Waals surface area contributed by atoms with Crippen molar-refractivity contribution in [1.29, 1.82) is 0 Å². The van der Waals surface area contributed by atoms with E-state index in [0.717, 1.165) is 4.90 Å². The highest BCUT2D eigenvalue weighted by Crippen LogP contribution is 2.08. The second kappa shape index (κ2) is 18.8. The number of aromatic nitrogens is 3. The minimum Gasteiger partial charge on any atom is -0.481 e. The van der Waals surface area contributed by atoms with Crippen LogP contribution in [0.3, 0.4) is 0 Å². The van der Waals surface area contributed by atoms with Gasteiger partial charge >= 0.3 is 29.9 Å². The zero-order chi connectivity index (χ0) is 30.8. The van der Waals surface area contributed by atoms with Crippen LogP contribution in [-0.4, -0.2) is 128 Å². The van der Waals surface area contributed by atoms with Crippen molar-refractivity contribution in [3.05, 3.63) is 11.9 Å². The summed E-state index contributed by atoms with van der Waals surface area (Å²) in [4.78, 5) is 70.5. The van der Waals surface area contributed by atoms with Gasteiger partial charge in [-0.2, -0.15) is 0 Å². The summed E-state index contributed by atoms with van der Waals surface area (Å²) in [7, 11) is 0. The smallest absolute Gasteiger partial charge is 0.326 e. The summed E-state index contributed by atoms with van der Waals surface area (Å²) in [6.07, 6.45) is -0.526. The number of aliphatic carboxylic acids is 4. The number of urea groups is 1. The molecule has 0 aliphatic rings. The Labute approximate surface area is 232 Å². The van der Waals surface area contributed by atoms with Crippen molar-refractivity contribution in [3.8, 4) is 0 Å². The summed E-state index contributed by atoms with van der Waals surface area (Å²) in [6, 6.07) is -4.46. The van der Waals surface area contributed by atoms with Gasteiger partial charge in [0.1, 0.15) is 31.0 Å². The number of alkyl halides is 1. The Kier molecular flexibility index (Phi) is 15.9. The van der Waals surface area contributed by atoms with Crippen LogP contribution in [0.1, 0.15) is 31.4 Å².